The lowest BCUT2D eigenvalue weighted by Gasteiger charge is -2.56. The molecule has 3 heterocycles. The maximum atomic E-state index is 10.6. The predicted octanol–water partition coefficient (Wildman–Crippen LogP) is 4.63. The van der Waals surface area contributed by atoms with Gasteiger partial charge in [0.1, 0.15) is 18.0 Å². The van der Waals surface area contributed by atoms with Crippen molar-refractivity contribution in [2.75, 3.05) is 26.0 Å². The van der Waals surface area contributed by atoms with E-state index in [1.165, 1.54) is 30.2 Å². The van der Waals surface area contributed by atoms with E-state index in [1.54, 1.807) is 37.4 Å². The van der Waals surface area contributed by atoms with Crippen molar-refractivity contribution < 1.29 is 28.9 Å². The van der Waals surface area contributed by atoms with Gasteiger partial charge in [-0.3, -0.25) is 9.78 Å². The molecule has 0 radical (unpaired) electrons. The number of phenols is 1. The second-order valence-corrected chi connectivity index (χ2v) is 11.9. The highest BCUT2D eigenvalue weighted by Crippen LogP contribution is 2.62. The van der Waals surface area contributed by atoms with Crippen LogP contribution >= 0.6 is 11.6 Å². The summed E-state index contributed by atoms with van der Waals surface area (Å²) in [4.78, 5) is 26.1. The Kier molecular flexibility index (Phi) is 7.91. The Labute approximate surface area is 258 Å². The van der Waals surface area contributed by atoms with E-state index in [0.29, 0.717) is 33.8 Å². The summed E-state index contributed by atoms with van der Waals surface area (Å²) in [5, 5.41) is 22.6. The highest BCUT2D eigenvalue weighted by atomic mass is 35.5. The molecule has 0 saturated carbocycles. The number of benzene rings is 3. The number of aromatic nitrogens is 1. The zero-order valence-electron chi connectivity index (χ0n) is 24.5. The van der Waals surface area contributed by atoms with Gasteiger partial charge in [-0.1, -0.05) is 29.8 Å². The first-order valence-electron chi connectivity index (χ1n) is 14.4. The number of hydrogen-bond donors (Lipinski definition) is 4. The number of aromatic hydroxyl groups is 1. The number of methoxy groups -OCH3 is 1. The van der Waals surface area contributed by atoms with Crippen LogP contribution in [-0.4, -0.2) is 65.0 Å². The number of fused-ring (bicyclic) bond motifs is 1. The number of rotatable bonds is 2. The number of piperidine rings is 1. The molecule has 230 valence electrons. The molecule has 4 aliphatic rings. The number of amides is 1. The summed E-state index contributed by atoms with van der Waals surface area (Å²) in [6.07, 6.45) is 5.54. The minimum absolute atomic E-state index is 0.0806. The highest BCUT2D eigenvalue weighted by Gasteiger charge is 2.64. The third-order valence-electron chi connectivity index (χ3n) is 8.92. The predicted molar refractivity (Wildman–Crippen MR) is 167 cm³/mol. The lowest BCUT2D eigenvalue weighted by molar-refractivity contribution is -0.114. The number of halogens is 1. The van der Waals surface area contributed by atoms with Gasteiger partial charge < -0.3 is 34.3 Å². The maximum absolute atomic E-state index is 10.6. The van der Waals surface area contributed by atoms with Crippen LogP contribution in [0.15, 0.2) is 76.0 Å². The Morgan fingerprint density at radius 1 is 1.16 bits per heavy atom. The molecule has 1 fully saturated rings. The number of phenolic OH excluding ortho intramolecular Hbond substituents is 1. The van der Waals surface area contributed by atoms with Crippen LogP contribution in [0, 0.1) is 5.92 Å². The molecule has 1 saturated heterocycles. The van der Waals surface area contributed by atoms with Crippen molar-refractivity contribution in [2.24, 2.45) is 5.92 Å². The van der Waals surface area contributed by atoms with Crippen LogP contribution in [0.1, 0.15) is 24.5 Å². The highest BCUT2D eigenvalue weighted by molar-refractivity contribution is 6.31. The number of carbonyl (C=O) groups is 1. The lowest BCUT2D eigenvalue weighted by atomic mass is 9.53. The molecule has 3 aromatic carbocycles. The van der Waals surface area contributed by atoms with Crippen LogP contribution in [0.2, 0.25) is 5.02 Å². The van der Waals surface area contributed by atoms with Crippen LogP contribution in [-0.2, 0) is 16.6 Å². The number of aliphatic hydroxyl groups excluding tert-OH is 1. The van der Waals surface area contributed by atoms with E-state index < -0.39 is 11.9 Å². The fourth-order valence-electron chi connectivity index (χ4n) is 7.06. The van der Waals surface area contributed by atoms with Crippen molar-refractivity contribution in [3.8, 4) is 17.2 Å². The van der Waals surface area contributed by atoms with Crippen LogP contribution < -0.4 is 20.5 Å². The summed E-state index contributed by atoms with van der Waals surface area (Å²) >= 11 is 5.66. The van der Waals surface area contributed by atoms with E-state index in [-0.39, 0.29) is 23.2 Å². The number of likely N-dealkylation sites (N-methyl/N-ethyl adjacent to an activating group) is 1. The maximum Gasteiger partial charge on any atom is 0.417 e. The summed E-state index contributed by atoms with van der Waals surface area (Å²) < 4.78 is 16.6. The zero-order chi connectivity index (χ0) is 31.2. The third kappa shape index (κ3) is 5.23. The Morgan fingerprint density at radius 2 is 1.93 bits per heavy atom. The molecule has 4 aromatic rings. The number of carbonyl (C=O) groups excluding carboxylic acids is 1. The van der Waals surface area contributed by atoms with Crippen LogP contribution in [0.25, 0.3) is 11.1 Å². The third-order valence-corrected chi connectivity index (χ3v) is 9.16. The molecule has 5 atom stereocenters. The van der Waals surface area contributed by atoms with Gasteiger partial charge >= 0.3 is 5.76 Å². The Bertz CT molecular complexity index is 1780. The first-order chi connectivity index (χ1) is 21.1. The van der Waals surface area contributed by atoms with Gasteiger partial charge in [-0.15, -0.1) is 0 Å². The van der Waals surface area contributed by atoms with E-state index in [9.17, 15) is 14.7 Å². The molecule has 44 heavy (non-hydrogen) atoms. The molecule has 1 aromatic heterocycles. The molecule has 2 bridgehead atoms. The minimum Gasteiger partial charge on any atom is -0.508 e. The summed E-state index contributed by atoms with van der Waals surface area (Å²) in [7, 11) is 3.91. The molecule has 1 spiro atoms. The molecule has 1 amide bonds. The molecule has 8 rings (SSSR count). The zero-order valence-corrected chi connectivity index (χ0v) is 25.3. The second kappa shape index (κ2) is 11.7. The molecular weight excluding hydrogens is 586 g/mol. The topological polar surface area (TPSA) is 137 Å². The second-order valence-electron chi connectivity index (χ2n) is 11.5. The van der Waals surface area contributed by atoms with Gasteiger partial charge in [0.2, 0.25) is 5.91 Å². The number of nitrogens with zero attached hydrogens (tertiary/aromatic N) is 1. The number of oxazole rings is 1. The number of likely N-dealkylation sites (tertiary alicyclic amines) is 1. The standard InChI is InChI=1S/C18H21NO3.C8H9NO2.C7H4ClNO2/c1-19-8-7-18-11-4-5-13(20)17(18)22-16-14(21-2)6-3-10(15(16)18)9-12(11)19;1-6(10)9-7-2-4-8(11)5-3-7;8-4-1-2-6-5(3-4)9-7(10)11-6/h3-6,11-13,17,20H,7-9H2,1-2H3;2-5,11H,1H3,(H,9,10);1-3H,(H,9,10)/t11-,12+,13-,17-,18-;;/m0../s1. The van der Waals surface area contributed by atoms with Gasteiger partial charge in [0, 0.05) is 40.6 Å². The summed E-state index contributed by atoms with van der Waals surface area (Å²) in [6, 6.07) is 16.0. The number of anilines is 1. The SMILES string of the molecule is CC(=O)Nc1ccc(O)cc1.COc1ccc2c3c1O[C@H]1[C@@H](O)C=C[C@H]4[C@@H](C2)N(C)CC[C@@]341.O=c1[nH]c2cc(Cl)ccc2o1. The number of H-pyrrole nitrogens is 1. The monoisotopic (exact) mass is 619 g/mol. The Morgan fingerprint density at radius 3 is 2.66 bits per heavy atom. The first-order valence-corrected chi connectivity index (χ1v) is 14.8. The van der Waals surface area contributed by atoms with Crippen molar-refractivity contribution in [3.63, 3.8) is 0 Å². The summed E-state index contributed by atoms with van der Waals surface area (Å²) in [5.74, 6) is 1.71. The van der Waals surface area contributed by atoms with Crippen molar-refractivity contribution in [3.05, 3.63) is 93.4 Å². The fraction of sp³-hybridized carbons (Fsp3) is 0.333. The molecular formula is C33H34ClN3O7. The first kappa shape index (κ1) is 29.8. The van der Waals surface area contributed by atoms with E-state index in [0.717, 1.165) is 30.9 Å². The molecule has 2 aliphatic heterocycles. The van der Waals surface area contributed by atoms with Crippen molar-refractivity contribution >= 4 is 34.3 Å². The Hall–Kier alpha value is -4.25. The summed E-state index contributed by atoms with van der Waals surface area (Å²) in [5.41, 5.74) is 4.45. The number of aromatic amines is 1. The van der Waals surface area contributed by atoms with Crippen LogP contribution in [0.5, 0.6) is 17.2 Å². The number of nitrogens with one attached hydrogen (secondary N) is 2. The largest absolute Gasteiger partial charge is 0.508 e. The lowest BCUT2D eigenvalue weighted by Crippen LogP contribution is -2.64. The molecule has 2 aliphatic carbocycles. The van der Waals surface area contributed by atoms with E-state index in [4.69, 9.17) is 30.6 Å². The van der Waals surface area contributed by atoms with Gasteiger partial charge in [-0.05, 0) is 80.5 Å². The number of ether oxygens (including phenoxy) is 2. The average Bonchev–Trinajstić information content (AvgIpc) is 3.54. The Balaban J connectivity index is 0.000000132. The normalized spacial score (nSPS) is 25.5. The minimum atomic E-state index is -0.539. The number of hydrogen-bond acceptors (Lipinski definition) is 8. The molecule has 11 heteroatoms. The van der Waals surface area contributed by atoms with E-state index in [1.807, 2.05) is 12.1 Å². The quantitative estimate of drug-likeness (QED) is 0.188. The van der Waals surface area contributed by atoms with Gasteiger partial charge in [0.05, 0.1) is 12.6 Å². The number of aliphatic hydroxyl groups is 1. The molecule has 10 nitrogen and oxygen atoms in total. The summed E-state index contributed by atoms with van der Waals surface area (Å²) in [6.45, 7) is 2.49. The van der Waals surface area contributed by atoms with Crippen molar-refractivity contribution in [1.29, 1.82) is 0 Å². The van der Waals surface area contributed by atoms with E-state index in [2.05, 4.69) is 34.4 Å². The van der Waals surface area contributed by atoms with Crippen LogP contribution in [0.3, 0.4) is 0 Å². The fourth-order valence-corrected chi connectivity index (χ4v) is 7.23. The van der Waals surface area contributed by atoms with Gasteiger partial charge in [-0.25, -0.2) is 4.79 Å². The van der Waals surface area contributed by atoms with E-state index >= 15 is 0 Å². The molecule has 0 unspecified atom stereocenters. The van der Waals surface area contributed by atoms with Gasteiger partial charge in [0.15, 0.2) is 17.1 Å². The van der Waals surface area contributed by atoms with Crippen molar-refractivity contribution in [2.45, 2.75) is 43.4 Å². The van der Waals surface area contributed by atoms with Gasteiger partial charge in [0.25, 0.3) is 0 Å². The van der Waals surface area contributed by atoms with Crippen LogP contribution in [0.4, 0.5) is 5.69 Å². The molecule has 4 N–H and O–H groups in total. The van der Waals surface area contributed by atoms with Crippen molar-refractivity contribution in [1.82, 2.24) is 9.88 Å². The smallest absolute Gasteiger partial charge is 0.417 e. The van der Waals surface area contributed by atoms with Gasteiger partial charge in [-0.2, -0.15) is 0 Å². The average molecular weight is 620 g/mol.